The van der Waals surface area contributed by atoms with E-state index in [2.05, 4.69) is 63.0 Å². The second-order valence-corrected chi connectivity index (χ2v) is 10.8. The Bertz CT molecular complexity index is 1260. The van der Waals surface area contributed by atoms with Gasteiger partial charge in [0.2, 0.25) is 0 Å². The smallest absolute Gasteiger partial charge is 0.123 e. The molecule has 0 spiro atoms. The third kappa shape index (κ3) is 6.12. The number of hydrogen-bond donors (Lipinski definition) is 1. The van der Waals surface area contributed by atoms with Crippen LogP contribution < -0.4 is 5.73 Å². The van der Waals surface area contributed by atoms with Crippen LogP contribution in [-0.2, 0) is 28.6 Å². The Balaban J connectivity index is 2.06. The van der Waals surface area contributed by atoms with Crippen LogP contribution in [0.4, 0.5) is 10.2 Å². The van der Waals surface area contributed by atoms with Gasteiger partial charge in [-0.05, 0) is 84.2 Å². The number of pyridine rings is 1. The van der Waals surface area contributed by atoms with Crippen LogP contribution in [0.3, 0.4) is 0 Å². The van der Waals surface area contributed by atoms with Crippen molar-refractivity contribution in [3.63, 3.8) is 0 Å². The summed E-state index contributed by atoms with van der Waals surface area (Å²) in [5.41, 5.74) is 10.1. The van der Waals surface area contributed by atoms with Crippen molar-refractivity contribution in [1.29, 1.82) is 5.26 Å². The van der Waals surface area contributed by atoms with Crippen LogP contribution in [0.15, 0.2) is 54.6 Å². The van der Waals surface area contributed by atoms with Crippen LogP contribution in [0.25, 0.3) is 0 Å². The fourth-order valence-electron chi connectivity index (χ4n) is 4.61. The van der Waals surface area contributed by atoms with Crippen LogP contribution in [0, 0.1) is 17.1 Å². The molecule has 190 valence electrons. The number of halogens is 1. The van der Waals surface area contributed by atoms with Gasteiger partial charge in [0.05, 0.1) is 17.4 Å². The molecule has 5 heteroatoms. The highest BCUT2D eigenvalue weighted by Crippen LogP contribution is 2.35. The standard InChI is InChI=1S/C31H38FN3O/c1-20(2)24-11-22(17-30(5,19-33)28-9-8-10-29(34)35-28)13-26(15-24)31(6,36-7)18-23-12-25(21(3)4)16-27(32)14-23/h8-16,20-21H,17-18H2,1-7H3,(H2,34,35). The highest BCUT2D eigenvalue weighted by molar-refractivity contribution is 5.41. The molecule has 0 amide bonds. The summed E-state index contributed by atoms with van der Waals surface area (Å²) >= 11 is 0. The lowest BCUT2D eigenvalue weighted by Gasteiger charge is -2.31. The minimum absolute atomic E-state index is 0.230. The number of methoxy groups -OCH3 is 1. The van der Waals surface area contributed by atoms with Gasteiger partial charge in [-0.1, -0.05) is 58.0 Å². The lowest BCUT2D eigenvalue weighted by Crippen LogP contribution is -2.29. The van der Waals surface area contributed by atoms with Gasteiger partial charge in [0.25, 0.3) is 0 Å². The largest absolute Gasteiger partial charge is 0.384 e. The molecule has 0 saturated heterocycles. The van der Waals surface area contributed by atoms with Gasteiger partial charge < -0.3 is 10.5 Å². The first kappa shape index (κ1) is 27.4. The highest BCUT2D eigenvalue weighted by atomic mass is 19.1. The van der Waals surface area contributed by atoms with Crippen molar-refractivity contribution in [2.24, 2.45) is 0 Å². The first-order chi connectivity index (χ1) is 16.9. The van der Waals surface area contributed by atoms with E-state index in [4.69, 9.17) is 10.5 Å². The van der Waals surface area contributed by atoms with Crippen LogP contribution in [-0.4, -0.2) is 12.1 Å². The highest BCUT2D eigenvalue weighted by Gasteiger charge is 2.32. The number of aromatic nitrogens is 1. The predicted molar refractivity (Wildman–Crippen MR) is 144 cm³/mol. The zero-order valence-corrected chi connectivity index (χ0v) is 22.5. The van der Waals surface area contributed by atoms with E-state index in [0.717, 1.165) is 27.8 Å². The van der Waals surface area contributed by atoms with Crippen molar-refractivity contribution < 1.29 is 9.13 Å². The SMILES string of the molecule is COC(C)(Cc1cc(F)cc(C(C)C)c1)c1cc(CC(C)(C#N)c2cccc(N)n2)cc(C(C)C)c1. The summed E-state index contributed by atoms with van der Waals surface area (Å²) in [7, 11) is 1.69. The van der Waals surface area contributed by atoms with Gasteiger partial charge in [0.1, 0.15) is 17.1 Å². The molecular formula is C31H38FN3O. The van der Waals surface area contributed by atoms with Gasteiger partial charge in [-0.2, -0.15) is 5.26 Å². The van der Waals surface area contributed by atoms with Crippen LogP contribution in [0.2, 0.25) is 0 Å². The molecule has 0 radical (unpaired) electrons. The quantitative estimate of drug-likeness (QED) is 0.347. The summed E-state index contributed by atoms with van der Waals surface area (Å²) in [5.74, 6) is 0.679. The van der Waals surface area contributed by atoms with E-state index < -0.39 is 11.0 Å². The molecule has 36 heavy (non-hydrogen) atoms. The van der Waals surface area contributed by atoms with Crippen molar-refractivity contribution in [3.05, 3.63) is 93.9 Å². The fraction of sp³-hybridized carbons (Fsp3) is 0.419. The minimum Gasteiger partial charge on any atom is -0.384 e. The molecule has 0 aliphatic heterocycles. The summed E-state index contributed by atoms with van der Waals surface area (Å²) in [6, 6.07) is 19.6. The Labute approximate surface area is 215 Å². The van der Waals surface area contributed by atoms with E-state index in [1.165, 1.54) is 0 Å². The molecule has 2 unspecified atom stereocenters. The number of rotatable bonds is 9. The average molecular weight is 488 g/mol. The number of anilines is 1. The van der Waals surface area contributed by atoms with E-state index in [-0.39, 0.29) is 17.7 Å². The van der Waals surface area contributed by atoms with E-state index in [1.54, 1.807) is 25.3 Å². The minimum atomic E-state index is -0.847. The molecule has 4 nitrogen and oxygen atoms in total. The number of ether oxygens (including phenoxy) is 1. The molecule has 3 rings (SSSR count). The summed E-state index contributed by atoms with van der Waals surface area (Å²) in [5, 5.41) is 10.1. The van der Waals surface area contributed by atoms with Crippen molar-refractivity contribution in [2.75, 3.05) is 12.8 Å². The number of nitrogens with two attached hydrogens (primary N) is 1. The Morgan fingerprint density at radius 1 is 0.944 bits per heavy atom. The maximum absolute atomic E-state index is 14.4. The molecule has 3 aromatic rings. The van der Waals surface area contributed by atoms with Gasteiger partial charge in [0.15, 0.2) is 0 Å². The number of nitriles is 1. The zero-order valence-electron chi connectivity index (χ0n) is 22.5. The summed E-state index contributed by atoms with van der Waals surface area (Å²) in [6.45, 7) is 12.4. The van der Waals surface area contributed by atoms with E-state index in [9.17, 15) is 9.65 Å². The average Bonchev–Trinajstić information content (AvgIpc) is 2.83. The number of nitrogen functional groups attached to an aromatic ring is 1. The zero-order chi connectivity index (χ0) is 26.7. The normalized spacial score (nSPS) is 14.9. The van der Waals surface area contributed by atoms with Crippen molar-refractivity contribution in [3.8, 4) is 6.07 Å². The van der Waals surface area contributed by atoms with E-state index in [1.807, 2.05) is 26.0 Å². The number of nitrogens with zero attached hydrogens (tertiary/aromatic N) is 2. The Hall–Kier alpha value is -3.23. The van der Waals surface area contributed by atoms with Crippen LogP contribution in [0.1, 0.15) is 86.9 Å². The topological polar surface area (TPSA) is 71.9 Å². The monoisotopic (exact) mass is 487 g/mol. The second-order valence-electron chi connectivity index (χ2n) is 10.8. The molecular weight excluding hydrogens is 449 g/mol. The van der Waals surface area contributed by atoms with E-state index >= 15 is 0 Å². The second kappa shape index (κ2) is 10.8. The van der Waals surface area contributed by atoms with Gasteiger partial charge in [-0.25, -0.2) is 9.37 Å². The van der Waals surface area contributed by atoms with E-state index in [0.29, 0.717) is 24.4 Å². The first-order valence-corrected chi connectivity index (χ1v) is 12.5. The maximum Gasteiger partial charge on any atom is 0.123 e. The molecule has 2 atom stereocenters. The van der Waals surface area contributed by atoms with Crippen molar-refractivity contribution in [1.82, 2.24) is 4.98 Å². The number of benzene rings is 2. The Morgan fingerprint density at radius 3 is 2.11 bits per heavy atom. The lowest BCUT2D eigenvalue weighted by atomic mass is 9.78. The maximum atomic E-state index is 14.4. The summed E-state index contributed by atoms with van der Waals surface area (Å²) in [6.07, 6.45) is 0.999. The van der Waals surface area contributed by atoms with Crippen LogP contribution >= 0.6 is 0 Å². The van der Waals surface area contributed by atoms with Crippen molar-refractivity contribution in [2.45, 2.75) is 77.2 Å². The Kier molecular flexibility index (Phi) is 8.21. The van der Waals surface area contributed by atoms with Gasteiger partial charge >= 0.3 is 0 Å². The molecule has 0 aliphatic carbocycles. The summed E-state index contributed by atoms with van der Waals surface area (Å²) < 4.78 is 20.5. The number of hydrogen-bond acceptors (Lipinski definition) is 4. The third-order valence-corrected chi connectivity index (χ3v) is 7.07. The molecule has 0 aliphatic rings. The summed E-state index contributed by atoms with van der Waals surface area (Å²) in [4.78, 5) is 4.44. The molecule has 0 bridgehead atoms. The molecule has 1 heterocycles. The van der Waals surface area contributed by atoms with Crippen LogP contribution in [0.5, 0.6) is 0 Å². The first-order valence-electron chi connectivity index (χ1n) is 12.5. The molecule has 2 N–H and O–H groups in total. The third-order valence-electron chi connectivity index (χ3n) is 7.07. The molecule has 0 fully saturated rings. The Morgan fingerprint density at radius 2 is 1.56 bits per heavy atom. The van der Waals surface area contributed by atoms with Crippen molar-refractivity contribution >= 4 is 5.82 Å². The lowest BCUT2D eigenvalue weighted by molar-refractivity contribution is 0.00201. The molecule has 1 aromatic heterocycles. The van der Waals surface area contributed by atoms with Gasteiger partial charge in [-0.15, -0.1) is 0 Å². The molecule has 0 saturated carbocycles. The van der Waals surface area contributed by atoms with Gasteiger partial charge in [0, 0.05) is 13.5 Å². The predicted octanol–water partition coefficient (Wildman–Crippen LogP) is 7.18. The fourth-order valence-corrected chi connectivity index (χ4v) is 4.61. The van der Waals surface area contributed by atoms with Gasteiger partial charge in [-0.3, -0.25) is 0 Å². The molecule has 2 aromatic carbocycles.